The Morgan fingerprint density at radius 3 is 2.26 bits per heavy atom. The molecule has 0 bridgehead atoms. The molecule has 0 radical (unpaired) electrons. The van der Waals surface area contributed by atoms with Crippen LogP contribution in [-0.2, 0) is 10.2 Å². The Morgan fingerprint density at radius 1 is 1.12 bits per heavy atom. The number of rotatable bonds is 5. The number of halogens is 8. The summed E-state index contributed by atoms with van der Waals surface area (Å²) < 4.78 is 80.0. The van der Waals surface area contributed by atoms with Crippen LogP contribution in [0.1, 0.15) is 28.4 Å². The molecule has 1 N–H and O–H groups in total. The smallest absolute Gasteiger partial charge is 0.370 e. The molecule has 2 unspecified atom stereocenters. The number of carbonyl (C=O) groups is 1. The quantitative estimate of drug-likeness (QED) is 0.326. The van der Waals surface area contributed by atoms with E-state index < -0.39 is 35.5 Å². The summed E-state index contributed by atoms with van der Waals surface area (Å²) in [5.41, 5.74) is -0.857. The van der Waals surface area contributed by atoms with Crippen molar-refractivity contribution >= 4 is 47.4 Å². The van der Waals surface area contributed by atoms with Gasteiger partial charge in [-0.05, 0) is 60.4 Å². The van der Waals surface area contributed by atoms with Gasteiger partial charge < -0.3 is 10.2 Å². The Bertz CT molecular complexity index is 1060. The lowest BCUT2D eigenvalue weighted by atomic mass is 9.79. The number of thiol groups is 1. The van der Waals surface area contributed by atoms with Gasteiger partial charge in [-0.3, -0.25) is 4.79 Å². The van der Waals surface area contributed by atoms with Crippen molar-refractivity contribution in [2.75, 3.05) is 24.5 Å². The number of anilines is 1. The van der Waals surface area contributed by atoms with Gasteiger partial charge in [0.1, 0.15) is 17.2 Å². The first-order valence-electron chi connectivity index (χ1n) is 10.0. The van der Waals surface area contributed by atoms with Crippen molar-refractivity contribution < 1.29 is 31.1 Å². The monoisotopic (exact) mass is 544 g/mol. The minimum atomic E-state index is -4.57. The highest BCUT2D eigenvalue weighted by Gasteiger charge is 2.59. The molecular formula is C22H20Cl2F6N2OS. The lowest BCUT2D eigenvalue weighted by Crippen LogP contribution is -2.44. The summed E-state index contributed by atoms with van der Waals surface area (Å²) in [6.45, 7) is -0.148. The third kappa shape index (κ3) is 5.71. The normalized spacial score (nSPS) is 19.9. The van der Waals surface area contributed by atoms with E-state index in [9.17, 15) is 31.1 Å². The van der Waals surface area contributed by atoms with E-state index in [2.05, 4.69) is 12.6 Å². The van der Waals surface area contributed by atoms with E-state index in [1.54, 1.807) is 23.2 Å². The zero-order chi connectivity index (χ0) is 25.5. The molecule has 3 rings (SSSR count). The number of hydrogen-bond acceptors (Lipinski definition) is 3. The molecule has 1 aliphatic heterocycles. The van der Waals surface area contributed by atoms with Gasteiger partial charge in [0.15, 0.2) is 0 Å². The molecule has 34 heavy (non-hydrogen) atoms. The number of amides is 1. The molecule has 1 heterocycles. The lowest BCUT2D eigenvalue weighted by molar-refractivity contribution is -0.184. The van der Waals surface area contributed by atoms with Crippen LogP contribution in [-0.4, -0.2) is 37.9 Å². The molecule has 186 valence electrons. The summed E-state index contributed by atoms with van der Waals surface area (Å²) in [6, 6.07) is 8.50. The molecule has 0 aromatic heterocycles. The Kier molecular flexibility index (Phi) is 7.65. The van der Waals surface area contributed by atoms with Crippen molar-refractivity contribution in [1.82, 2.24) is 5.32 Å². The van der Waals surface area contributed by atoms with Crippen LogP contribution in [0.4, 0.5) is 32.0 Å². The number of nitrogens with one attached hydrogen (secondary N) is 1. The Labute approximate surface area is 207 Å². The minimum Gasteiger partial charge on any atom is -0.370 e. The average Bonchev–Trinajstić information content (AvgIpc) is 3.17. The molecule has 2 atom stereocenters. The molecule has 0 saturated carbocycles. The van der Waals surface area contributed by atoms with E-state index >= 15 is 0 Å². The predicted octanol–water partition coefficient (Wildman–Crippen LogP) is 6.66. The summed E-state index contributed by atoms with van der Waals surface area (Å²) in [5, 5.41) is 0.816. The van der Waals surface area contributed by atoms with Gasteiger partial charge in [-0.25, -0.2) is 0 Å². The number of hydrogen-bond donors (Lipinski definition) is 2. The Hall–Kier alpha value is -1.78. The van der Waals surface area contributed by atoms with Crippen LogP contribution < -0.4 is 10.2 Å². The van der Waals surface area contributed by atoms with Crippen molar-refractivity contribution in [3.8, 4) is 0 Å². The van der Waals surface area contributed by atoms with E-state index in [-0.39, 0.29) is 35.1 Å². The second-order valence-corrected chi connectivity index (χ2v) is 9.58. The maximum absolute atomic E-state index is 14.3. The largest absolute Gasteiger partial charge is 0.405 e. The predicted molar refractivity (Wildman–Crippen MR) is 123 cm³/mol. The molecule has 2 aromatic carbocycles. The van der Waals surface area contributed by atoms with E-state index in [0.717, 1.165) is 0 Å². The van der Waals surface area contributed by atoms with Gasteiger partial charge in [-0.1, -0.05) is 29.3 Å². The van der Waals surface area contributed by atoms with Gasteiger partial charge >= 0.3 is 12.4 Å². The number of alkyl halides is 6. The summed E-state index contributed by atoms with van der Waals surface area (Å²) in [7, 11) is 0. The first-order valence-corrected chi connectivity index (χ1v) is 11.3. The fourth-order valence-corrected chi connectivity index (χ4v) is 4.99. The molecule has 1 fully saturated rings. The van der Waals surface area contributed by atoms with E-state index in [0.29, 0.717) is 16.8 Å². The van der Waals surface area contributed by atoms with Gasteiger partial charge in [0.05, 0.1) is 0 Å². The van der Waals surface area contributed by atoms with Crippen LogP contribution >= 0.6 is 35.8 Å². The zero-order valence-corrected chi connectivity index (χ0v) is 20.1. The first kappa shape index (κ1) is 26.8. The number of nitrogens with zero attached hydrogens (tertiary/aromatic N) is 1. The van der Waals surface area contributed by atoms with Crippen LogP contribution in [0.3, 0.4) is 0 Å². The maximum Gasteiger partial charge on any atom is 0.405 e. The Balaban J connectivity index is 1.85. The van der Waals surface area contributed by atoms with Crippen LogP contribution in [0.2, 0.25) is 10.0 Å². The minimum absolute atomic E-state index is 0.0231. The third-order valence-corrected chi connectivity index (χ3v) is 6.80. The molecule has 1 amide bonds. The van der Waals surface area contributed by atoms with Gasteiger partial charge in [-0.2, -0.15) is 39.0 Å². The van der Waals surface area contributed by atoms with Gasteiger partial charge in [0.2, 0.25) is 5.91 Å². The highest BCUT2D eigenvalue weighted by atomic mass is 35.5. The van der Waals surface area contributed by atoms with Crippen LogP contribution in [0, 0.1) is 6.92 Å². The summed E-state index contributed by atoms with van der Waals surface area (Å²) in [4.78, 5) is 13.6. The van der Waals surface area contributed by atoms with Crippen molar-refractivity contribution in [3.63, 3.8) is 0 Å². The van der Waals surface area contributed by atoms with Gasteiger partial charge in [0.25, 0.3) is 0 Å². The highest BCUT2D eigenvalue weighted by Crippen LogP contribution is 2.49. The zero-order valence-electron chi connectivity index (χ0n) is 17.7. The number of benzene rings is 2. The topological polar surface area (TPSA) is 32.3 Å². The van der Waals surface area contributed by atoms with Gasteiger partial charge in [0, 0.05) is 28.8 Å². The molecule has 1 saturated heterocycles. The highest BCUT2D eigenvalue weighted by molar-refractivity contribution is 7.81. The maximum atomic E-state index is 14.3. The second kappa shape index (κ2) is 9.70. The van der Waals surface area contributed by atoms with E-state index in [4.69, 9.17) is 23.2 Å². The molecule has 0 spiro atoms. The number of aryl methyl sites for hydroxylation is 1. The van der Waals surface area contributed by atoms with Crippen molar-refractivity contribution in [2.45, 2.75) is 36.4 Å². The molecule has 12 heteroatoms. The fraction of sp³-hybridized carbons (Fsp3) is 0.409. The summed E-state index contributed by atoms with van der Waals surface area (Å²) in [6.07, 6.45) is -9.35. The standard InChI is InChI=1S/C22H20Cl2F6N2OS/c1-12-6-16(2-3-17(12)18(34)19(33)31-10-21(25,26)27)32-5-4-20(11-32,22(28,29)30)13-7-14(23)9-15(24)8-13/h2-3,6-9,18,34H,4-5,10-11H2,1H3,(H,31,33). The molecule has 1 aliphatic rings. The van der Waals surface area contributed by atoms with E-state index in [1.165, 1.54) is 30.3 Å². The van der Waals surface area contributed by atoms with Gasteiger partial charge in [-0.15, -0.1) is 0 Å². The SMILES string of the molecule is Cc1cc(N2CCC(c3cc(Cl)cc(Cl)c3)(C(F)(F)F)C2)ccc1C(S)C(=O)NCC(F)(F)F. The van der Waals surface area contributed by atoms with Crippen molar-refractivity contribution in [1.29, 1.82) is 0 Å². The summed E-state index contributed by atoms with van der Waals surface area (Å²) in [5.74, 6) is -0.924. The van der Waals surface area contributed by atoms with Crippen LogP contribution in [0.15, 0.2) is 36.4 Å². The van der Waals surface area contributed by atoms with Crippen LogP contribution in [0.5, 0.6) is 0 Å². The molecule has 2 aromatic rings. The number of carbonyl (C=O) groups excluding carboxylic acids is 1. The second-order valence-electron chi connectivity index (χ2n) is 8.19. The fourth-order valence-electron chi connectivity index (χ4n) is 4.08. The Morgan fingerprint density at radius 2 is 1.74 bits per heavy atom. The first-order chi connectivity index (χ1) is 15.6. The van der Waals surface area contributed by atoms with Crippen LogP contribution in [0.25, 0.3) is 0 Å². The molecule has 0 aliphatic carbocycles. The molecular weight excluding hydrogens is 525 g/mol. The molecule has 3 nitrogen and oxygen atoms in total. The van der Waals surface area contributed by atoms with Crippen molar-refractivity contribution in [2.24, 2.45) is 0 Å². The average molecular weight is 545 g/mol. The lowest BCUT2D eigenvalue weighted by Gasteiger charge is -2.33. The summed E-state index contributed by atoms with van der Waals surface area (Å²) >= 11 is 16.1. The van der Waals surface area contributed by atoms with Crippen molar-refractivity contribution in [3.05, 3.63) is 63.1 Å². The van der Waals surface area contributed by atoms with E-state index in [1.807, 2.05) is 0 Å². The third-order valence-electron chi connectivity index (χ3n) is 5.85.